The van der Waals surface area contributed by atoms with E-state index in [1.54, 1.807) is 10.6 Å². The number of rotatable bonds is 7. The second-order valence-electron chi connectivity index (χ2n) is 6.78. The predicted octanol–water partition coefficient (Wildman–Crippen LogP) is 5.11. The van der Waals surface area contributed by atoms with Crippen molar-refractivity contribution < 1.29 is 4.52 Å². The second kappa shape index (κ2) is 8.34. The molecule has 0 aliphatic carbocycles. The van der Waals surface area contributed by atoms with Crippen LogP contribution in [0, 0.1) is 0 Å². The molecule has 0 atom stereocenters. The van der Waals surface area contributed by atoms with Crippen molar-refractivity contribution in [2.24, 2.45) is 0 Å². The van der Waals surface area contributed by atoms with Crippen molar-refractivity contribution in [1.29, 1.82) is 0 Å². The summed E-state index contributed by atoms with van der Waals surface area (Å²) in [6, 6.07) is 12.0. The average Bonchev–Trinajstić information content (AvgIpc) is 3.37. The van der Waals surface area contributed by atoms with Crippen LogP contribution in [-0.2, 0) is 12.3 Å². The zero-order valence-electron chi connectivity index (χ0n) is 16.2. The number of hydrogen-bond donors (Lipinski definition) is 0. The molecule has 29 heavy (non-hydrogen) atoms. The topological polar surface area (TPSA) is 73.8 Å². The molecule has 6 nitrogen and oxygen atoms in total. The van der Waals surface area contributed by atoms with Crippen molar-refractivity contribution in [2.75, 3.05) is 0 Å². The lowest BCUT2D eigenvalue weighted by Gasteiger charge is -2.08. The minimum Gasteiger partial charge on any atom is -0.339 e. The Morgan fingerprint density at radius 2 is 2.07 bits per heavy atom. The molecule has 0 radical (unpaired) electrons. The Morgan fingerprint density at radius 3 is 2.76 bits per heavy atom. The molecule has 3 aromatic heterocycles. The molecule has 3 heterocycles. The highest BCUT2D eigenvalue weighted by Crippen LogP contribution is 2.32. The van der Waals surface area contributed by atoms with Gasteiger partial charge >= 0.3 is 0 Å². The van der Waals surface area contributed by atoms with Gasteiger partial charge in [-0.25, -0.2) is 4.98 Å². The van der Waals surface area contributed by atoms with Gasteiger partial charge in [-0.3, -0.25) is 9.36 Å². The van der Waals surface area contributed by atoms with Crippen molar-refractivity contribution in [1.82, 2.24) is 19.7 Å². The fourth-order valence-corrected chi connectivity index (χ4v) is 4.73. The van der Waals surface area contributed by atoms with E-state index in [1.807, 2.05) is 50.2 Å². The quantitative estimate of drug-likeness (QED) is 0.233. The summed E-state index contributed by atoms with van der Waals surface area (Å²) in [7, 11) is 0. The summed E-state index contributed by atoms with van der Waals surface area (Å²) in [5, 5.41) is 4.64. The standard InChI is InChI=1S/C21H20N4O2S2/c1-4-10-25-20(26)18-15(11-16(29-18)14-8-6-5-7-9-14)22-21(25)28-12-17-23-19(13(2)3)27-24-17/h4-9,11,13H,1,10,12H2,2-3H3. The predicted molar refractivity (Wildman–Crippen MR) is 117 cm³/mol. The molecule has 0 unspecified atom stereocenters. The first kappa shape index (κ1) is 19.6. The number of hydrogen-bond acceptors (Lipinski definition) is 7. The zero-order chi connectivity index (χ0) is 20.4. The average molecular weight is 425 g/mol. The maximum Gasteiger partial charge on any atom is 0.272 e. The first-order valence-electron chi connectivity index (χ1n) is 9.22. The Kier molecular flexibility index (Phi) is 5.64. The van der Waals surface area contributed by atoms with E-state index in [2.05, 4.69) is 16.7 Å². The van der Waals surface area contributed by atoms with Crippen LogP contribution in [0.4, 0.5) is 0 Å². The van der Waals surface area contributed by atoms with Gasteiger partial charge < -0.3 is 4.52 Å². The summed E-state index contributed by atoms with van der Waals surface area (Å²) in [5.41, 5.74) is 1.73. The molecule has 4 aromatic rings. The monoisotopic (exact) mass is 424 g/mol. The van der Waals surface area contributed by atoms with Crippen LogP contribution in [0.3, 0.4) is 0 Å². The summed E-state index contributed by atoms with van der Waals surface area (Å²) < 4.78 is 7.56. The van der Waals surface area contributed by atoms with Crippen molar-refractivity contribution in [3.05, 3.63) is 71.1 Å². The fraction of sp³-hybridized carbons (Fsp3) is 0.238. The minimum absolute atomic E-state index is 0.0550. The number of nitrogens with zero attached hydrogens (tertiary/aromatic N) is 4. The van der Waals surface area contributed by atoms with Gasteiger partial charge in [0.2, 0.25) is 5.89 Å². The molecule has 0 bridgehead atoms. The van der Waals surface area contributed by atoms with Crippen LogP contribution < -0.4 is 5.56 Å². The molecule has 8 heteroatoms. The third kappa shape index (κ3) is 4.04. The number of thiophene rings is 1. The first-order valence-corrected chi connectivity index (χ1v) is 11.0. The second-order valence-corrected chi connectivity index (χ2v) is 8.78. The summed E-state index contributed by atoms with van der Waals surface area (Å²) >= 11 is 2.89. The molecule has 0 amide bonds. The van der Waals surface area contributed by atoms with E-state index >= 15 is 0 Å². The molecule has 0 aliphatic heterocycles. The van der Waals surface area contributed by atoms with Crippen molar-refractivity contribution in [3.8, 4) is 10.4 Å². The molecule has 0 N–H and O–H groups in total. The summed E-state index contributed by atoms with van der Waals surface area (Å²) in [5.74, 6) is 1.85. The van der Waals surface area contributed by atoms with Gasteiger partial charge in [0.1, 0.15) is 4.70 Å². The van der Waals surface area contributed by atoms with Crippen LogP contribution in [0.1, 0.15) is 31.5 Å². The van der Waals surface area contributed by atoms with E-state index in [0.717, 1.165) is 10.4 Å². The van der Waals surface area contributed by atoms with Crippen molar-refractivity contribution in [2.45, 2.75) is 37.2 Å². The maximum atomic E-state index is 13.1. The van der Waals surface area contributed by atoms with E-state index in [0.29, 0.717) is 39.4 Å². The van der Waals surface area contributed by atoms with Gasteiger partial charge in [-0.1, -0.05) is 67.2 Å². The maximum absolute atomic E-state index is 13.1. The lowest BCUT2D eigenvalue weighted by Crippen LogP contribution is -2.21. The molecule has 0 fully saturated rings. The van der Waals surface area contributed by atoms with Crippen LogP contribution in [0.25, 0.3) is 20.7 Å². The Labute approximate surface area is 176 Å². The van der Waals surface area contributed by atoms with Gasteiger partial charge in [0.25, 0.3) is 5.56 Å². The number of aromatic nitrogens is 4. The van der Waals surface area contributed by atoms with E-state index < -0.39 is 0 Å². The smallest absolute Gasteiger partial charge is 0.272 e. The van der Waals surface area contributed by atoms with Gasteiger partial charge in [0, 0.05) is 17.3 Å². The van der Waals surface area contributed by atoms with Crippen molar-refractivity contribution >= 4 is 33.3 Å². The molecule has 0 saturated heterocycles. The number of fused-ring (bicyclic) bond motifs is 1. The molecule has 1 aromatic carbocycles. The highest BCUT2D eigenvalue weighted by molar-refractivity contribution is 7.98. The number of thioether (sulfide) groups is 1. The zero-order valence-corrected chi connectivity index (χ0v) is 17.8. The van der Waals surface area contributed by atoms with Crippen LogP contribution in [0.15, 0.2) is 63.5 Å². The Balaban J connectivity index is 1.70. The highest BCUT2D eigenvalue weighted by atomic mass is 32.2. The van der Waals surface area contributed by atoms with E-state index in [1.165, 1.54) is 23.1 Å². The molecule has 0 saturated carbocycles. The van der Waals surface area contributed by atoms with Crippen LogP contribution in [-0.4, -0.2) is 19.7 Å². The van der Waals surface area contributed by atoms with Crippen LogP contribution >= 0.6 is 23.1 Å². The third-order valence-corrected chi connectivity index (χ3v) is 6.41. The normalized spacial score (nSPS) is 11.4. The molecule has 4 rings (SSSR count). The fourth-order valence-electron chi connectivity index (χ4n) is 2.83. The third-order valence-electron chi connectivity index (χ3n) is 4.28. The van der Waals surface area contributed by atoms with E-state index in [9.17, 15) is 4.79 Å². The lowest BCUT2D eigenvalue weighted by molar-refractivity contribution is 0.362. The van der Waals surface area contributed by atoms with Gasteiger partial charge in [0.15, 0.2) is 11.0 Å². The van der Waals surface area contributed by atoms with E-state index in [-0.39, 0.29) is 11.5 Å². The molecule has 148 valence electrons. The molecule has 0 aliphatic rings. The van der Waals surface area contributed by atoms with E-state index in [4.69, 9.17) is 9.51 Å². The van der Waals surface area contributed by atoms with Gasteiger partial charge in [-0.15, -0.1) is 17.9 Å². The molecular weight excluding hydrogens is 404 g/mol. The number of benzene rings is 1. The van der Waals surface area contributed by atoms with Crippen LogP contribution in [0.2, 0.25) is 0 Å². The summed E-state index contributed by atoms with van der Waals surface area (Å²) in [6.45, 7) is 8.18. The largest absolute Gasteiger partial charge is 0.339 e. The number of allylic oxidation sites excluding steroid dienone is 1. The Bertz CT molecular complexity index is 1210. The first-order chi connectivity index (χ1) is 14.1. The van der Waals surface area contributed by atoms with Crippen molar-refractivity contribution in [3.63, 3.8) is 0 Å². The minimum atomic E-state index is -0.0550. The summed E-state index contributed by atoms with van der Waals surface area (Å²) in [6.07, 6.45) is 1.70. The molecule has 0 spiro atoms. The SMILES string of the molecule is C=CCn1c(SCc2noc(C(C)C)n2)nc2cc(-c3ccccc3)sc2c1=O. The summed E-state index contributed by atoms with van der Waals surface area (Å²) in [4.78, 5) is 23.3. The highest BCUT2D eigenvalue weighted by Gasteiger charge is 2.16. The van der Waals surface area contributed by atoms with Gasteiger partial charge in [0.05, 0.1) is 11.3 Å². The van der Waals surface area contributed by atoms with Crippen LogP contribution in [0.5, 0.6) is 0 Å². The Morgan fingerprint density at radius 1 is 1.28 bits per heavy atom. The Hall–Kier alpha value is -2.71. The lowest BCUT2D eigenvalue weighted by atomic mass is 10.2. The molecular formula is C21H20N4O2S2. The van der Waals surface area contributed by atoms with Gasteiger partial charge in [-0.05, 0) is 11.6 Å². The van der Waals surface area contributed by atoms with Gasteiger partial charge in [-0.2, -0.15) is 4.98 Å².